The van der Waals surface area contributed by atoms with Crippen LogP contribution >= 0.6 is 23.2 Å². The van der Waals surface area contributed by atoms with Crippen molar-refractivity contribution in [2.24, 2.45) is 0 Å². The Morgan fingerprint density at radius 1 is 0.727 bits per heavy atom. The van der Waals surface area contributed by atoms with E-state index in [4.69, 9.17) is 23.2 Å². The molecule has 22 heavy (non-hydrogen) atoms. The van der Waals surface area contributed by atoms with Crippen LogP contribution in [0.5, 0.6) is 0 Å². The van der Waals surface area contributed by atoms with Crippen molar-refractivity contribution in [3.8, 4) is 11.1 Å². The van der Waals surface area contributed by atoms with Gasteiger partial charge in [-0.3, -0.25) is 0 Å². The number of halogens is 2. The maximum absolute atomic E-state index is 6.15. The molecule has 0 spiro atoms. The number of hydrogen-bond donors (Lipinski definition) is 1. The summed E-state index contributed by atoms with van der Waals surface area (Å²) < 4.78 is 0. The molecule has 0 aromatic heterocycles. The van der Waals surface area contributed by atoms with Crippen LogP contribution in [0.15, 0.2) is 72.8 Å². The Bertz CT molecular complexity index is 752. The first-order valence-corrected chi connectivity index (χ1v) is 7.81. The lowest BCUT2D eigenvalue weighted by Crippen LogP contribution is -1.99. The number of rotatable bonds is 4. The third-order valence-electron chi connectivity index (χ3n) is 3.47. The summed E-state index contributed by atoms with van der Waals surface area (Å²) in [4.78, 5) is 0. The van der Waals surface area contributed by atoms with E-state index in [9.17, 15) is 0 Å². The van der Waals surface area contributed by atoms with Gasteiger partial charge in [0.1, 0.15) is 0 Å². The molecule has 0 radical (unpaired) electrons. The predicted molar refractivity (Wildman–Crippen MR) is 95.7 cm³/mol. The van der Waals surface area contributed by atoms with Gasteiger partial charge < -0.3 is 5.32 Å². The molecular weight excluding hydrogens is 313 g/mol. The van der Waals surface area contributed by atoms with Gasteiger partial charge in [-0.2, -0.15) is 0 Å². The predicted octanol–water partition coefficient (Wildman–Crippen LogP) is 6.27. The number of anilines is 1. The molecule has 3 aromatic rings. The Kier molecular flexibility index (Phi) is 4.67. The fourth-order valence-corrected chi connectivity index (χ4v) is 2.63. The Morgan fingerprint density at radius 3 is 2.14 bits per heavy atom. The molecule has 0 unspecified atom stereocenters. The SMILES string of the molecule is Clc1ccc(Cl)c(NCc2ccc(-c3ccccc3)cc2)c1. The Balaban J connectivity index is 1.70. The topological polar surface area (TPSA) is 12.0 Å². The molecule has 0 bridgehead atoms. The minimum absolute atomic E-state index is 0.672. The Morgan fingerprint density at radius 2 is 1.41 bits per heavy atom. The summed E-state index contributed by atoms with van der Waals surface area (Å²) in [5, 5.41) is 4.66. The van der Waals surface area contributed by atoms with Crippen LogP contribution in [0.1, 0.15) is 5.56 Å². The smallest absolute Gasteiger partial charge is 0.0638 e. The normalized spacial score (nSPS) is 10.5. The van der Waals surface area contributed by atoms with E-state index in [1.807, 2.05) is 24.3 Å². The van der Waals surface area contributed by atoms with Crippen molar-refractivity contribution in [2.45, 2.75) is 6.54 Å². The molecule has 3 rings (SSSR count). The van der Waals surface area contributed by atoms with Crippen molar-refractivity contribution in [3.63, 3.8) is 0 Å². The van der Waals surface area contributed by atoms with Gasteiger partial charge in [0, 0.05) is 11.6 Å². The first kappa shape index (κ1) is 15.0. The van der Waals surface area contributed by atoms with Crippen LogP contribution in [0, 0.1) is 0 Å². The van der Waals surface area contributed by atoms with Crippen LogP contribution in [0.4, 0.5) is 5.69 Å². The molecule has 110 valence electrons. The maximum atomic E-state index is 6.15. The summed E-state index contributed by atoms with van der Waals surface area (Å²) in [7, 11) is 0. The first-order chi connectivity index (χ1) is 10.7. The van der Waals surface area contributed by atoms with Crippen LogP contribution in [-0.4, -0.2) is 0 Å². The summed E-state index contributed by atoms with van der Waals surface area (Å²) in [6.07, 6.45) is 0. The monoisotopic (exact) mass is 327 g/mol. The highest BCUT2D eigenvalue weighted by Gasteiger charge is 2.02. The van der Waals surface area contributed by atoms with Crippen LogP contribution in [0.3, 0.4) is 0 Å². The molecule has 1 nitrogen and oxygen atoms in total. The number of hydrogen-bond acceptors (Lipinski definition) is 1. The molecule has 0 aliphatic rings. The minimum atomic E-state index is 0.672. The second-order valence-corrected chi connectivity index (χ2v) is 5.88. The summed E-state index contributed by atoms with van der Waals surface area (Å²) in [5.41, 5.74) is 4.47. The molecule has 0 atom stereocenters. The fourth-order valence-electron chi connectivity index (χ4n) is 2.28. The highest BCUT2D eigenvalue weighted by molar-refractivity contribution is 6.35. The second-order valence-electron chi connectivity index (χ2n) is 5.04. The van der Waals surface area contributed by atoms with Crippen LogP contribution in [0.25, 0.3) is 11.1 Å². The third kappa shape index (κ3) is 3.62. The zero-order valence-electron chi connectivity index (χ0n) is 11.9. The zero-order chi connectivity index (χ0) is 15.4. The summed E-state index contributed by atoms with van der Waals surface area (Å²) in [6.45, 7) is 0.704. The van der Waals surface area contributed by atoms with E-state index in [2.05, 4.69) is 41.7 Å². The van der Waals surface area contributed by atoms with Crippen molar-refractivity contribution >= 4 is 28.9 Å². The summed E-state index contributed by atoms with van der Waals surface area (Å²) in [5.74, 6) is 0. The molecule has 0 saturated heterocycles. The molecule has 0 amide bonds. The van der Waals surface area contributed by atoms with Crippen molar-refractivity contribution < 1.29 is 0 Å². The lowest BCUT2D eigenvalue weighted by Gasteiger charge is -2.09. The van der Waals surface area contributed by atoms with E-state index >= 15 is 0 Å². The van der Waals surface area contributed by atoms with Gasteiger partial charge in [-0.25, -0.2) is 0 Å². The Hall–Kier alpha value is -1.96. The second kappa shape index (κ2) is 6.87. The lowest BCUT2D eigenvalue weighted by molar-refractivity contribution is 1.15. The fraction of sp³-hybridized carbons (Fsp3) is 0.0526. The van der Waals surface area contributed by atoms with Crippen molar-refractivity contribution in [2.75, 3.05) is 5.32 Å². The average molecular weight is 328 g/mol. The van der Waals surface area contributed by atoms with Gasteiger partial charge in [-0.1, -0.05) is 77.8 Å². The largest absolute Gasteiger partial charge is 0.380 e. The van der Waals surface area contributed by atoms with Gasteiger partial charge in [0.15, 0.2) is 0 Å². The van der Waals surface area contributed by atoms with Crippen molar-refractivity contribution in [3.05, 3.63) is 88.4 Å². The summed E-state index contributed by atoms with van der Waals surface area (Å²) >= 11 is 12.1. The lowest BCUT2D eigenvalue weighted by atomic mass is 10.0. The third-order valence-corrected chi connectivity index (χ3v) is 4.04. The minimum Gasteiger partial charge on any atom is -0.380 e. The van der Waals surface area contributed by atoms with Gasteiger partial charge in [0.05, 0.1) is 10.7 Å². The molecule has 3 aromatic carbocycles. The quantitative estimate of drug-likeness (QED) is 0.595. The van der Waals surface area contributed by atoms with E-state index in [1.54, 1.807) is 12.1 Å². The number of nitrogens with one attached hydrogen (secondary N) is 1. The molecule has 1 N–H and O–H groups in total. The highest BCUT2D eigenvalue weighted by atomic mass is 35.5. The van der Waals surface area contributed by atoms with Crippen LogP contribution in [-0.2, 0) is 6.54 Å². The molecule has 3 heteroatoms. The van der Waals surface area contributed by atoms with E-state index in [-0.39, 0.29) is 0 Å². The zero-order valence-corrected chi connectivity index (χ0v) is 13.4. The van der Waals surface area contributed by atoms with E-state index in [0.29, 0.717) is 16.6 Å². The first-order valence-electron chi connectivity index (χ1n) is 7.06. The van der Waals surface area contributed by atoms with E-state index in [0.717, 1.165) is 5.69 Å². The van der Waals surface area contributed by atoms with Crippen molar-refractivity contribution in [1.29, 1.82) is 0 Å². The number of benzene rings is 3. The Labute approximate surface area is 140 Å². The van der Waals surface area contributed by atoms with Crippen LogP contribution in [0.2, 0.25) is 10.0 Å². The summed E-state index contributed by atoms with van der Waals surface area (Å²) in [6, 6.07) is 24.3. The van der Waals surface area contributed by atoms with Gasteiger partial charge in [0.2, 0.25) is 0 Å². The van der Waals surface area contributed by atoms with Gasteiger partial charge >= 0.3 is 0 Å². The average Bonchev–Trinajstić information content (AvgIpc) is 2.57. The highest BCUT2D eigenvalue weighted by Crippen LogP contribution is 2.26. The maximum Gasteiger partial charge on any atom is 0.0638 e. The molecule has 0 aliphatic carbocycles. The van der Waals surface area contributed by atoms with Crippen LogP contribution < -0.4 is 5.32 Å². The molecule has 0 fully saturated rings. The molecule has 0 aliphatic heterocycles. The van der Waals surface area contributed by atoms with Crippen molar-refractivity contribution in [1.82, 2.24) is 0 Å². The van der Waals surface area contributed by atoms with E-state index in [1.165, 1.54) is 16.7 Å². The molecule has 0 saturated carbocycles. The van der Waals surface area contributed by atoms with Gasteiger partial charge in [-0.15, -0.1) is 0 Å². The molecular formula is C19H15Cl2N. The standard InChI is InChI=1S/C19H15Cl2N/c20-17-10-11-18(21)19(12-17)22-13-14-6-8-16(9-7-14)15-4-2-1-3-5-15/h1-12,22H,13H2. The molecule has 0 heterocycles. The van der Waals surface area contributed by atoms with Gasteiger partial charge in [-0.05, 0) is 34.9 Å². The van der Waals surface area contributed by atoms with E-state index < -0.39 is 0 Å². The van der Waals surface area contributed by atoms with Gasteiger partial charge in [0.25, 0.3) is 0 Å².